The number of aromatic nitrogens is 1. The molecule has 2 fully saturated rings. The molecule has 7 rings (SSSR count). The summed E-state index contributed by atoms with van der Waals surface area (Å²) >= 11 is 0. The Labute approximate surface area is 219 Å². The van der Waals surface area contributed by atoms with Gasteiger partial charge in [0.25, 0.3) is 0 Å². The van der Waals surface area contributed by atoms with Crippen LogP contribution in [0.15, 0.2) is 83.4 Å². The highest BCUT2D eigenvalue weighted by Crippen LogP contribution is 2.38. The van der Waals surface area contributed by atoms with Gasteiger partial charge in [-0.15, -0.1) is 0 Å². The molecule has 0 atom stereocenters. The van der Waals surface area contributed by atoms with E-state index in [4.69, 9.17) is 9.40 Å². The van der Waals surface area contributed by atoms with Gasteiger partial charge >= 0.3 is 0 Å². The predicted octanol–water partition coefficient (Wildman–Crippen LogP) is 10.4. The second-order valence-corrected chi connectivity index (χ2v) is 11.3. The number of benzene rings is 3. The van der Waals surface area contributed by atoms with Crippen LogP contribution in [0.2, 0.25) is 0 Å². The Kier molecular flexibility index (Phi) is 6.04. The van der Waals surface area contributed by atoms with Gasteiger partial charge in [0.15, 0.2) is 0 Å². The van der Waals surface area contributed by atoms with Gasteiger partial charge < -0.3 is 4.42 Å². The summed E-state index contributed by atoms with van der Waals surface area (Å²) in [7, 11) is 0. The van der Waals surface area contributed by atoms with Crippen LogP contribution in [0, 0.1) is 0 Å². The van der Waals surface area contributed by atoms with E-state index in [0.717, 1.165) is 33.7 Å². The maximum Gasteiger partial charge on any atom is 0.136 e. The minimum Gasteiger partial charge on any atom is -0.456 e. The van der Waals surface area contributed by atoms with Gasteiger partial charge in [0.05, 0.1) is 5.69 Å². The SMILES string of the molecule is c1cc(C2CCCCC2)cc(-c2ccc3oc4cc(-c5ccc(C6CCCCC6)cc5)ccc4c3c2)n1. The van der Waals surface area contributed by atoms with E-state index < -0.39 is 0 Å². The van der Waals surface area contributed by atoms with Crippen LogP contribution in [0.25, 0.3) is 44.3 Å². The Bertz CT molecular complexity index is 1530. The molecule has 2 aromatic heterocycles. The van der Waals surface area contributed by atoms with Crippen molar-refractivity contribution in [1.82, 2.24) is 4.98 Å². The quantitative estimate of drug-likeness (QED) is 0.253. The molecule has 2 aliphatic rings. The van der Waals surface area contributed by atoms with E-state index in [1.54, 1.807) is 0 Å². The van der Waals surface area contributed by atoms with E-state index in [1.165, 1.54) is 91.8 Å². The molecule has 2 aliphatic carbocycles. The fraction of sp³-hybridized carbons (Fsp3) is 0.343. The highest BCUT2D eigenvalue weighted by Gasteiger charge is 2.18. The van der Waals surface area contributed by atoms with Crippen LogP contribution in [-0.2, 0) is 0 Å². The van der Waals surface area contributed by atoms with Crippen LogP contribution in [0.3, 0.4) is 0 Å². The van der Waals surface area contributed by atoms with Crippen LogP contribution in [-0.4, -0.2) is 4.98 Å². The Morgan fingerprint density at radius 2 is 1.19 bits per heavy atom. The van der Waals surface area contributed by atoms with Crippen molar-refractivity contribution in [3.05, 3.63) is 90.1 Å². The van der Waals surface area contributed by atoms with Gasteiger partial charge in [0.1, 0.15) is 11.2 Å². The first-order chi connectivity index (χ1) is 18.3. The molecule has 2 heterocycles. The fourth-order valence-electron chi connectivity index (χ4n) is 6.79. The van der Waals surface area contributed by atoms with E-state index in [9.17, 15) is 0 Å². The molecular formula is C35H35NO. The Morgan fingerprint density at radius 1 is 0.514 bits per heavy atom. The van der Waals surface area contributed by atoms with Gasteiger partial charge in [0.2, 0.25) is 0 Å². The van der Waals surface area contributed by atoms with E-state index in [-0.39, 0.29) is 0 Å². The Hall–Kier alpha value is -3.39. The lowest BCUT2D eigenvalue weighted by Crippen LogP contribution is -2.04. The first-order valence-electron chi connectivity index (χ1n) is 14.3. The largest absolute Gasteiger partial charge is 0.456 e. The summed E-state index contributed by atoms with van der Waals surface area (Å²) in [6.45, 7) is 0. The van der Waals surface area contributed by atoms with E-state index >= 15 is 0 Å². The molecule has 3 aromatic carbocycles. The topological polar surface area (TPSA) is 26.0 Å². The monoisotopic (exact) mass is 485 g/mol. The Balaban J connectivity index is 1.19. The number of furan rings is 1. The third-order valence-electron chi connectivity index (χ3n) is 8.95. The Morgan fingerprint density at radius 3 is 1.95 bits per heavy atom. The van der Waals surface area contributed by atoms with Crippen molar-refractivity contribution < 1.29 is 4.42 Å². The van der Waals surface area contributed by atoms with Gasteiger partial charge in [-0.2, -0.15) is 0 Å². The van der Waals surface area contributed by atoms with Crippen molar-refractivity contribution >= 4 is 21.9 Å². The fourth-order valence-corrected chi connectivity index (χ4v) is 6.79. The number of hydrogen-bond donors (Lipinski definition) is 0. The molecule has 0 aliphatic heterocycles. The van der Waals surface area contributed by atoms with Gasteiger partial charge in [0, 0.05) is 22.5 Å². The summed E-state index contributed by atoms with van der Waals surface area (Å²) in [5, 5.41) is 2.33. The van der Waals surface area contributed by atoms with Crippen LogP contribution >= 0.6 is 0 Å². The molecule has 2 nitrogen and oxygen atoms in total. The van der Waals surface area contributed by atoms with E-state index in [1.807, 2.05) is 6.20 Å². The zero-order valence-corrected chi connectivity index (χ0v) is 21.6. The number of hydrogen-bond acceptors (Lipinski definition) is 2. The molecule has 0 bridgehead atoms. The van der Waals surface area contributed by atoms with Crippen LogP contribution in [0.5, 0.6) is 0 Å². The van der Waals surface area contributed by atoms with Crippen molar-refractivity contribution in [2.75, 3.05) is 0 Å². The highest BCUT2D eigenvalue weighted by molar-refractivity contribution is 6.07. The van der Waals surface area contributed by atoms with Crippen LogP contribution < -0.4 is 0 Å². The van der Waals surface area contributed by atoms with Crippen molar-refractivity contribution in [2.24, 2.45) is 0 Å². The molecule has 186 valence electrons. The molecule has 37 heavy (non-hydrogen) atoms. The number of fused-ring (bicyclic) bond motifs is 3. The lowest BCUT2D eigenvalue weighted by molar-refractivity contribution is 0.443. The van der Waals surface area contributed by atoms with Crippen LogP contribution in [0.1, 0.15) is 87.2 Å². The van der Waals surface area contributed by atoms with Crippen LogP contribution in [0.4, 0.5) is 0 Å². The first-order valence-corrected chi connectivity index (χ1v) is 14.3. The number of nitrogens with zero attached hydrogens (tertiary/aromatic N) is 1. The maximum atomic E-state index is 6.32. The van der Waals surface area contributed by atoms with Gasteiger partial charge in [-0.05, 0) is 102 Å². The summed E-state index contributed by atoms with van der Waals surface area (Å²) in [5.74, 6) is 1.43. The molecule has 0 radical (unpaired) electrons. The smallest absolute Gasteiger partial charge is 0.136 e. The summed E-state index contributed by atoms with van der Waals surface area (Å²) in [5.41, 5.74) is 9.53. The zero-order valence-electron chi connectivity index (χ0n) is 21.6. The average Bonchev–Trinajstić information content (AvgIpc) is 3.35. The summed E-state index contributed by atoms with van der Waals surface area (Å²) in [6, 6.07) is 27.0. The minimum atomic E-state index is 0.684. The molecule has 0 N–H and O–H groups in total. The molecule has 0 saturated heterocycles. The molecule has 2 heteroatoms. The molecule has 0 spiro atoms. The standard InChI is InChI=1S/C35H35NO/c1-3-7-24(8-4-1)26-11-13-27(14-12-26)28-15-17-31-32-21-30(16-18-34(32)37-35(31)23-28)33-22-29(19-20-36-33)25-9-5-2-6-10-25/h11-25H,1-10H2. The van der Waals surface area contributed by atoms with Crippen molar-refractivity contribution in [3.63, 3.8) is 0 Å². The van der Waals surface area contributed by atoms with Crippen molar-refractivity contribution in [3.8, 4) is 22.4 Å². The molecule has 2 saturated carbocycles. The maximum absolute atomic E-state index is 6.32. The van der Waals surface area contributed by atoms with Gasteiger partial charge in [-0.25, -0.2) is 0 Å². The second kappa shape index (κ2) is 9.82. The number of rotatable bonds is 4. The zero-order chi connectivity index (χ0) is 24.6. The van der Waals surface area contributed by atoms with Gasteiger partial charge in [-0.1, -0.05) is 68.9 Å². The normalized spacial score (nSPS) is 17.5. The summed E-state index contributed by atoms with van der Waals surface area (Å²) in [6.07, 6.45) is 15.5. The molecule has 5 aromatic rings. The van der Waals surface area contributed by atoms with E-state index in [2.05, 4.69) is 72.8 Å². The van der Waals surface area contributed by atoms with E-state index in [0.29, 0.717) is 5.92 Å². The third kappa shape index (κ3) is 4.48. The third-order valence-corrected chi connectivity index (χ3v) is 8.95. The highest BCUT2D eigenvalue weighted by atomic mass is 16.3. The average molecular weight is 486 g/mol. The lowest BCUT2D eigenvalue weighted by Gasteiger charge is -2.22. The molecular weight excluding hydrogens is 450 g/mol. The minimum absolute atomic E-state index is 0.684. The van der Waals surface area contributed by atoms with Crippen molar-refractivity contribution in [2.45, 2.75) is 76.0 Å². The predicted molar refractivity (Wildman–Crippen MR) is 154 cm³/mol. The van der Waals surface area contributed by atoms with Gasteiger partial charge in [-0.3, -0.25) is 4.98 Å². The summed E-state index contributed by atoms with van der Waals surface area (Å²) in [4.78, 5) is 4.74. The summed E-state index contributed by atoms with van der Waals surface area (Å²) < 4.78 is 6.32. The number of pyridine rings is 1. The lowest BCUT2D eigenvalue weighted by atomic mass is 9.83. The first kappa shape index (κ1) is 22.8. The van der Waals surface area contributed by atoms with Crippen molar-refractivity contribution in [1.29, 1.82) is 0 Å². The molecule has 0 amide bonds. The second-order valence-electron chi connectivity index (χ2n) is 11.3. The molecule has 0 unspecified atom stereocenters.